The summed E-state index contributed by atoms with van der Waals surface area (Å²) in [7, 11) is 2.01. The highest BCUT2D eigenvalue weighted by Crippen LogP contribution is 2.32. The third-order valence-electron chi connectivity index (χ3n) is 3.53. The largest absolute Gasteiger partial charge is 0.348 e. The molecular weight excluding hydrogens is 242 g/mol. The van der Waals surface area contributed by atoms with Crippen LogP contribution in [0, 0.1) is 5.92 Å². The van der Waals surface area contributed by atoms with Gasteiger partial charge in [-0.3, -0.25) is 0 Å². The quantitative estimate of drug-likeness (QED) is 0.908. The van der Waals surface area contributed by atoms with Crippen LogP contribution in [-0.4, -0.2) is 25.1 Å². The average molecular weight is 267 g/mol. The maximum absolute atomic E-state index is 4.89. The lowest BCUT2D eigenvalue weighted by molar-refractivity contribution is 0.446. The van der Waals surface area contributed by atoms with Gasteiger partial charge in [-0.05, 0) is 31.7 Å². The van der Waals surface area contributed by atoms with Crippen molar-refractivity contribution in [3.63, 3.8) is 0 Å². The Balaban J connectivity index is 2.19. The highest BCUT2D eigenvalue weighted by molar-refractivity contribution is 7.15. The molecule has 2 rings (SSSR count). The maximum atomic E-state index is 4.89. The van der Waals surface area contributed by atoms with Gasteiger partial charge in [0.1, 0.15) is 0 Å². The van der Waals surface area contributed by atoms with E-state index >= 15 is 0 Å². The van der Waals surface area contributed by atoms with Gasteiger partial charge in [-0.15, -0.1) is 11.3 Å². The van der Waals surface area contributed by atoms with Crippen LogP contribution in [0.25, 0.3) is 0 Å². The van der Waals surface area contributed by atoms with Crippen molar-refractivity contribution in [3.8, 4) is 0 Å². The van der Waals surface area contributed by atoms with Crippen molar-refractivity contribution in [1.29, 1.82) is 0 Å². The van der Waals surface area contributed by atoms with Crippen LogP contribution < -0.4 is 10.2 Å². The van der Waals surface area contributed by atoms with Crippen LogP contribution >= 0.6 is 11.3 Å². The van der Waals surface area contributed by atoms with E-state index in [1.54, 1.807) is 0 Å². The lowest BCUT2D eigenvalue weighted by Gasteiger charge is -2.30. The molecule has 4 heteroatoms. The monoisotopic (exact) mass is 267 g/mol. The van der Waals surface area contributed by atoms with Crippen molar-refractivity contribution in [2.45, 2.75) is 46.1 Å². The highest BCUT2D eigenvalue weighted by atomic mass is 32.1. The van der Waals surface area contributed by atoms with E-state index < -0.39 is 0 Å². The van der Waals surface area contributed by atoms with Crippen LogP contribution in [0.4, 0.5) is 5.13 Å². The summed E-state index contributed by atoms with van der Waals surface area (Å²) < 4.78 is 0. The Morgan fingerprint density at radius 1 is 1.50 bits per heavy atom. The van der Waals surface area contributed by atoms with E-state index in [1.807, 2.05) is 18.4 Å². The summed E-state index contributed by atoms with van der Waals surface area (Å²) in [5.74, 6) is 1.32. The lowest BCUT2D eigenvalue weighted by Crippen LogP contribution is -2.34. The third-order valence-corrected chi connectivity index (χ3v) is 4.66. The summed E-state index contributed by atoms with van der Waals surface area (Å²) in [6.07, 6.45) is 2.67. The van der Waals surface area contributed by atoms with E-state index in [0.717, 1.165) is 12.5 Å². The molecule has 0 amide bonds. The molecule has 1 aromatic heterocycles. The Labute approximate surface area is 115 Å². The molecule has 0 bridgehead atoms. The van der Waals surface area contributed by atoms with E-state index in [9.17, 15) is 0 Å². The van der Waals surface area contributed by atoms with Crippen molar-refractivity contribution in [3.05, 3.63) is 10.6 Å². The van der Waals surface area contributed by atoms with Crippen molar-refractivity contribution in [1.82, 2.24) is 10.3 Å². The van der Waals surface area contributed by atoms with Crippen LogP contribution in [0.1, 0.15) is 50.1 Å². The molecular formula is C14H25N3S. The normalized spacial score (nSPS) is 20.7. The molecule has 1 unspecified atom stereocenters. The number of nitrogens with zero attached hydrogens (tertiary/aromatic N) is 2. The molecule has 1 aliphatic heterocycles. The zero-order valence-corrected chi connectivity index (χ0v) is 12.8. The first kappa shape index (κ1) is 13.8. The SMILES string of the molecule is CNCc1sc(N2CCCC(C)C2)nc1C(C)C. The predicted molar refractivity (Wildman–Crippen MR) is 79.6 cm³/mol. The van der Waals surface area contributed by atoms with Gasteiger partial charge in [0.05, 0.1) is 5.69 Å². The predicted octanol–water partition coefficient (Wildman–Crippen LogP) is 3.22. The van der Waals surface area contributed by atoms with E-state index in [1.165, 1.54) is 41.6 Å². The zero-order valence-electron chi connectivity index (χ0n) is 12.0. The summed E-state index contributed by atoms with van der Waals surface area (Å²) in [5.41, 5.74) is 1.28. The molecule has 1 saturated heterocycles. The summed E-state index contributed by atoms with van der Waals surface area (Å²) in [6.45, 7) is 10.1. The molecule has 2 heterocycles. The van der Waals surface area contributed by atoms with Gasteiger partial charge in [-0.1, -0.05) is 20.8 Å². The van der Waals surface area contributed by atoms with E-state index in [2.05, 4.69) is 31.0 Å². The van der Waals surface area contributed by atoms with E-state index in [-0.39, 0.29) is 0 Å². The number of hydrogen-bond donors (Lipinski definition) is 1. The molecule has 1 atom stereocenters. The number of nitrogens with one attached hydrogen (secondary N) is 1. The van der Waals surface area contributed by atoms with E-state index in [4.69, 9.17) is 4.98 Å². The Hall–Kier alpha value is -0.610. The molecule has 0 saturated carbocycles. The maximum Gasteiger partial charge on any atom is 0.185 e. The summed E-state index contributed by atoms with van der Waals surface area (Å²) >= 11 is 1.87. The number of rotatable bonds is 4. The van der Waals surface area contributed by atoms with Gasteiger partial charge in [0, 0.05) is 24.5 Å². The van der Waals surface area contributed by atoms with Crippen LogP contribution in [0.3, 0.4) is 0 Å². The van der Waals surface area contributed by atoms with Crippen molar-refractivity contribution in [2.75, 3.05) is 25.0 Å². The molecule has 3 nitrogen and oxygen atoms in total. The lowest BCUT2D eigenvalue weighted by atomic mass is 10.0. The first-order valence-electron chi connectivity index (χ1n) is 7.01. The van der Waals surface area contributed by atoms with Gasteiger partial charge in [-0.25, -0.2) is 4.98 Å². The van der Waals surface area contributed by atoms with Gasteiger partial charge >= 0.3 is 0 Å². The third kappa shape index (κ3) is 3.04. The fraction of sp³-hybridized carbons (Fsp3) is 0.786. The fourth-order valence-corrected chi connectivity index (χ4v) is 3.85. The first-order chi connectivity index (χ1) is 8.61. The molecule has 1 aliphatic rings. The Bertz CT molecular complexity index is 386. The smallest absolute Gasteiger partial charge is 0.185 e. The molecule has 1 aromatic rings. The topological polar surface area (TPSA) is 28.2 Å². The average Bonchev–Trinajstić information content (AvgIpc) is 2.74. The van der Waals surface area contributed by atoms with E-state index in [0.29, 0.717) is 5.92 Å². The zero-order chi connectivity index (χ0) is 13.1. The Morgan fingerprint density at radius 2 is 2.28 bits per heavy atom. The number of aromatic nitrogens is 1. The van der Waals surface area contributed by atoms with Crippen LogP contribution in [0.15, 0.2) is 0 Å². The number of anilines is 1. The highest BCUT2D eigenvalue weighted by Gasteiger charge is 2.21. The van der Waals surface area contributed by atoms with Gasteiger partial charge in [0.25, 0.3) is 0 Å². The molecule has 0 radical (unpaired) electrons. The van der Waals surface area contributed by atoms with Crippen LogP contribution in [-0.2, 0) is 6.54 Å². The first-order valence-corrected chi connectivity index (χ1v) is 7.82. The van der Waals surface area contributed by atoms with Crippen molar-refractivity contribution < 1.29 is 0 Å². The van der Waals surface area contributed by atoms with Gasteiger partial charge in [0.2, 0.25) is 0 Å². The van der Waals surface area contributed by atoms with Gasteiger partial charge in [-0.2, -0.15) is 0 Å². The van der Waals surface area contributed by atoms with Crippen LogP contribution in [0.5, 0.6) is 0 Å². The second kappa shape index (κ2) is 6.02. The fourth-order valence-electron chi connectivity index (χ4n) is 2.59. The summed E-state index contributed by atoms with van der Waals surface area (Å²) in [6, 6.07) is 0. The van der Waals surface area contributed by atoms with Crippen molar-refractivity contribution in [2.24, 2.45) is 5.92 Å². The Kier molecular flexibility index (Phi) is 4.62. The second-order valence-electron chi connectivity index (χ2n) is 5.68. The number of thiazole rings is 1. The summed E-state index contributed by atoms with van der Waals surface area (Å²) in [5, 5.41) is 4.49. The molecule has 102 valence electrons. The molecule has 18 heavy (non-hydrogen) atoms. The second-order valence-corrected chi connectivity index (χ2v) is 6.75. The number of hydrogen-bond acceptors (Lipinski definition) is 4. The van der Waals surface area contributed by atoms with Crippen LogP contribution in [0.2, 0.25) is 0 Å². The minimum absolute atomic E-state index is 0.514. The molecule has 0 spiro atoms. The molecule has 0 aliphatic carbocycles. The minimum Gasteiger partial charge on any atom is -0.348 e. The standard InChI is InChI=1S/C14H25N3S/c1-10(2)13-12(8-15-4)18-14(16-13)17-7-5-6-11(3)9-17/h10-11,15H,5-9H2,1-4H3. The van der Waals surface area contributed by atoms with Gasteiger partial charge < -0.3 is 10.2 Å². The minimum atomic E-state index is 0.514. The molecule has 0 aromatic carbocycles. The Morgan fingerprint density at radius 3 is 2.89 bits per heavy atom. The number of piperidine rings is 1. The summed E-state index contributed by atoms with van der Waals surface area (Å²) in [4.78, 5) is 8.77. The van der Waals surface area contributed by atoms with Gasteiger partial charge in [0.15, 0.2) is 5.13 Å². The molecule has 1 fully saturated rings. The molecule has 1 N–H and O–H groups in total. The van der Waals surface area contributed by atoms with Crippen molar-refractivity contribution >= 4 is 16.5 Å².